The lowest BCUT2D eigenvalue weighted by Gasteiger charge is -2.30. The Hall–Kier alpha value is -0.710. The summed E-state index contributed by atoms with van der Waals surface area (Å²) < 4.78 is 28.7. The molecule has 0 aromatic carbocycles. The number of likely N-dealkylation sites (tertiary alicyclic amines) is 1. The van der Waals surface area contributed by atoms with Gasteiger partial charge in [0.2, 0.25) is 0 Å². The standard InChI is InChI=1S/C9H15F2NO2/c1-14-9(13)7-3-2-4-12(5-7)6-8(10)11/h7-8H,2-6H2,1H3/t7-/m0/s1. The molecule has 1 saturated heterocycles. The summed E-state index contributed by atoms with van der Waals surface area (Å²) in [5, 5.41) is 0. The number of carbonyl (C=O) groups is 1. The van der Waals surface area contributed by atoms with Crippen molar-refractivity contribution in [3.63, 3.8) is 0 Å². The molecule has 14 heavy (non-hydrogen) atoms. The molecule has 3 nitrogen and oxygen atoms in total. The zero-order valence-electron chi connectivity index (χ0n) is 8.21. The minimum absolute atomic E-state index is 0.229. The van der Waals surface area contributed by atoms with Crippen molar-refractivity contribution >= 4 is 5.97 Å². The molecule has 0 aliphatic carbocycles. The van der Waals surface area contributed by atoms with Crippen LogP contribution in [0.15, 0.2) is 0 Å². The van der Waals surface area contributed by atoms with Crippen molar-refractivity contribution in [2.24, 2.45) is 5.92 Å². The second kappa shape index (κ2) is 5.24. The molecular weight excluding hydrogens is 192 g/mol. The third-order valence-corrected chi connectivity index (χ3v) is 2.44. The second-order valence-corrected chi connectivity index (χ2v) is 3.51. The topological polar surface area (TPSA) is 29.5 Å². The zero-order chi connectivity index (χ0) is 10.6. The van der Waals surface area contributed by atoms with E-state index >= 15 is 0 Å². The first-order chi connectivity index (χ1) is 6.63. The molecule has 1 atom stereocenters. The van der Waals surface area contributed by atoms with Crippen molar-refractivity contribution in [1.29, 1.82) is 0 Å². The van der Waals surface area contributed by atoms with E-state index in [1.807, 2.05) is 0 Å². The summed E-state index contributed by atoms with van der Waals surface area (Å²) in [5.41, 5.74) is 0. The smallest absolute Gasteiger partial charge is 0.309 e. The van der Waals surface area contributed by atoms with Crippen LogP contribution in [0.25, 0.3) is 0 Å². The first kappa shape index (κ1) is 11.4. The Kier molecular flexibility index (Phi) is 4.25. The van der Waals surface area contributed by atoms with E-state index in [2.05, 4.69) is 4.74 Å². The van der Waals surface area contributed by atoms with Gasteiger partial charge >= 0.3 is 5.97 Å². The summed E-state index contributed by atoms with van der Waals surface area (Å²) in [6.07, 6.45) is -0.801. The Balaban J connectivity index is 2.39. The van der Waals surface area contributed by atoms with Gasteiger partial charge in [0.25, 0.3) is 6.43 Å². The first-order valence-electron chi connectivity index (χ1n) is 4.72. The van der Waals surface area contributed by atoms with Crippen LogP contribution in [0.4, 0.5) is 8.78 Å². The number of carbonyl (C=O) groups excluding carboxylic acids is 1. The number of alkyl halides is 2. The fourth-order valence-electron chi connectivity index (χ4n) is 1.78. The third kappa shape index (κ3) is 3.21. The van der Waals surface area contributed by atoms with Crippen molar-refractivity contribution in [3.8, 4) is 0 Å². The molecule has 1 aliphatic rings. The molecule has 0 bridgehead atoms. The summed E-state index contributed by atoms with van der Waals surface area (Å²) in [7, 11) is 1.33. The van der Waals surface area contributed by atoms with Crippen LogP contribution < -0.4 is 0 Å². The van der Waals surface area contributed by atoms with E-state index < -0.39 is 6.43 Å². The average Bonchev–Trinajstić information content (AvgIpc) is 2.16. The van der Waals surface area contributed by atoms with Crippen molar-refractivity contribution in [1.82, 2.24) is 4.90 Å². The summed E-state index contributed by atoms with van der Waals surface area (Å²) in [4.78, 5) is 12.8. The monoisotopic (exact) mass is 207 g/mol. The van der Waals surface area contributed by atoms with Crippen LogP contribution >= 0.6 is 0 Å². The summed E-state index contributed by atoms with van der Waals surface area (Å²) in [6, 6.07) is 0. The van der Waals surface area contributed by atoms with Gasteiger partial charge in [0.1, 0.15) is 0 Å². The predicted molar refractivity (Wildman–Crippen MR) is 47.2 cm³/mol. The number of rotatable bonds is 3. The van der Waals surface area contributed by atoms with Gasteiger partial charge < -0.3 is 4.74 Å². The predicted octanol–water partition coefficient (Wildman–Crippen LogP) is 1.14. The first-order valence-corrected chi connectivity index (χ1v) is 4.72. The molecule has 0 aromatic heterocycles. The van der Waals surface area contributed by atoms with Gasteiger partial charge in [-0.25, -0.2) is 8.78 Å². The van der Waals surface area contributed by atoms with E-state index in [1.54, 1.807) is 4.90 Å². The summed E-state index contributed by atoms with van der Waals surface area (Å²) in [5.74, 6) is -0.517. The SMILES string of the molecule is COC(=O)[C@H]1CCCN(CC(F)F)C1. The number of nitrogens with zero attached hydrogens (tertiary/aromatic N) is 1. The molecule has 82 valence electrons. The third-order valence-electron chi connectivity index (χ3n) is 2.44. The molecule has 5 heteroatoms. The molecule has 0 saturated carbocycles. The zero-order valence-corrected chi connectivity index (χ0v) is 8.21. The van der Waals surface area contributed by atoms with Gasteiger partial charge in [0, 0.05) is 6.54 Å². The van der Waals surface area contributed by atoms with Crippen molar-refractivity contribution in [2.75, 3.05) is 26.7 Å². The quantitative estimate of drug-likeness (QED) is 0.650. The molecule has 1 aliphatic heterocycles. The van der Waals surface area contributed by atoms with E-state index in [1.165, 1.54) is 7.11 Å². The lowest BCUT2D eigenvalue weighted by atomic mass is 9.98. The molecule has 0 spiro atoms. The maximum atomic E-state index is 12.1. The fourth-order valence-corrected chi connectivity index (χ4v) is 1.78. The maximum absolute atomic E-state index is 12.1. The van der Waals surface area contributed by atoms with Crippen LogP contribution in [-0.2, 0) is 9.53 Å². The van der Waals surface area contributed by atoms with Crippen molar-refractivity contribution in [2.45, 2.75) is 19.3 Å². The van der Waals surface area contributed by atoms with Gasteiger partial charge in [-0.05, 0) is 19.4 Å². The molecule has 1 heterocycles. The van der Waals surface area contributed by atoms with Gasteiger partial charge in [0.15, 0.2) is 0 Å². The van der Waals surface area contributed by atoms with Gasteiger partial charge in [0.05, 0.1) is 19.6 Å². The number of piperidine rings is 1. The van der Waals surface area contributed by atoms with Crippen LogP contribution in [0.1, 0.15) is 12.8 Å². The minimum Gasteiger partial charge on any atom is -0.469 e. The number of ether oxygens (including phenoxy) is 1. The highest BCUT2D eigenvalue weighted by molar-refractivity contribution is 5.72. The molecule has 1 rings (SSSR count). The lowest BCUT2D eigenvalue weighted by Crippen LogP contribution is -2.41. The summed E-state index contributed by atoms with van der Waals surface area (Å²) in [6.45, 7) is 0.808. The molecular formula is C9H15F2NO2. The maximum Gasteiger partial charge on any atom is 0.309 e. The van der Waals surface area contributed by atoms with Crippen molar-refractivity contribution < 1.29 is 18.3 Å². The van der Waals surface area contributed by atoms with Crippen LogP contribution in [0.3, 0.4) is 0 Å². The highest BCUT2D eigenvalue weighted by atomic mass is 19.3. The van der Waals surface area contributed by atoms with E-state index in [4.69, 9.17) is 0 Å². The lowest BCUT2D eigenvalue weighted by molar-refractivity contribution is -0.147. The van der Waals surface area contributed by atoms with E-state index in [0.29, 0.717) is 13.1 Å². The largest absolute Gasteiger partial charge is 0.469 e. The van der Waals surface area contributed by atoms with E-state index in [0.717, 1.165) is 12.8 Å². The molecule has 0 N–H and O–H groups in total. The van der Waals surface area contributed by atoms with Crippen LogP contribution in [-0.4, -0.2) is 44.0 Å². The second-order valence-electron chi connectivity index (χ2n) is 3.51. The molecule has 0 aromatic rings. The van der Waals surface area contributed by atoms with Crippen LogP contribution in [0.2, 0.25) is 0 Å². The van der Waals surface area contributed by atoms with Gasteiger partial charge in [-0.2, -0.15) is 0 Å². The molecule has 0 amide bonds. The van der Waals surface area contributed by atoms with Gasteiger partial charge in [-0.15, -0.1) is 0 Å². The Labute approximate surface area is 82.0 Å². The number of hydrogen-bond acceptors (Lipinski definition) is 3. The van der Waals surface area contributed by atoms with Gasteiger partial charge in [-0.3, -0.25) is 9.69 Å². The normalized spacial score (nSPS) is 23.9. The molecule has 1 fully saturated rings. The fraction of sp³-hybridized carbons (Fsp3) is 0.889. The summed E-state index contributed by atoms with van der Waals surface area (Å²) >= 11 is 0. The van der Waals surface area contributed by atoms with E-state index in [-0.39, 0.29) is 18.4 Å². The molecule has 0 radical (unpaired) electrons. The van der Waals surface area contributed by atoms with Crippen molar-refractivity contribution in [3.05, 3.63) is 0 Å². The Morgan fingerprint density at radius 1 is 1.64 bits per heavy atom. The Morgan fingerprint density at radius 2 is 2.36 bits per heavy atom. The number of halogens is 2. The highest BCUT2D eigenvalue weighted by Gasteiger charge is 2.27. The molecule has 0 unspecified atom stereocenters. The van der Waals surface area contributed by atoms with Crippen LogP contribution in [0.5, 0.6) is 0 Å². The number of esters is 1. The average molecular weight is 207 g/mol. The highest BCUT2D eigenvalue weighted by Crippen LogP contribution is 2.18. The van der Waals surface area contributed by atoms with Gasteiger partial charge in [-0.1, -0.05) is 0 Å². The van der Waals surface area contributed by atoms with Crippen LogP contribution in [0, 0.1) is 5.92 Å². The Morgan fingerprint density at radius 3 is 2.93 bits per heavy atom. The number of hydrogen-bond donors (Lipinski definition) is 0. The van der Waals surface area contributed by atoms with E-state index in [9.17, 15) is 13.6 Å². The minimum atomic E-state index is -2.33. The number of methoxy groups -OCH3 is 1. The Bertz CT molecular complexity index is 199.